The molecule has 36 heavy (non-hydrogen) atoms. The summed E-state index contributed by atoms with van der Waals surface area (Å²) in [6.07, 6.45) is 3.65. The summed E-state index contributed by atoms with van der Waals surface area (Å²) < 4.78 is 7.66. The van der Waals surface area contributed by atoms with Crippen LogP contribution in [-0.4, -0.2) is 88.5 Å². The van der Waals surface area contributed by atoms with Crippen LogP contribution in [0.2, 0.25) is 0 Å². The van der Waals surface area contributed by atoms with Crippen LogP contribution in [0.25, 0.3) is 16.7 Å². The zero-order chi connectivity index (χ0) is 24.6. The molecular weight excluding hydrogens is 456 g/mol. The molecule has 0 radical (unpaired) electrons. The Hall–Kier alpha value is -3.69. The van der Waals surface area contributed by atoms with Gasteiger partial charge in [0.25, 0.3) is 5.91 Å². The Morgan fingerprint density at radius 3 is 2.72 bits per heavy atom. The maximum Gasteiger partial charge on any atom is 0.251 e. The third-order valence-electron chi connectivity index (χ3n) is 7.04. The molecule has 1 aliphatic heterocycles. The molecule has 2 fully saturated rings. The predicted octanol–water partition coefficient (Wildman–Crippen LogP) is 2.57. The molecule has 9 nitrogen and oxygen atoms in total. The first kappa shape index (κ1) is 22.8. The normalized spacial score (nSPS) is 17.0. The van der Waals surface area contributed by atoms with Crippen molar-refractivity contribution in [1.29, 1.82) is 0 Å². The number of hydrogen-bond acceptors (Lipinski definition) is 6. The summed E-state index contributed by atoms with van der Waals surface area (Å²) in [6.45, 7) is 5.70. The van der Waals surface area contributed by atoms with Crippen LogP contribution >= 0.6 is 0 Å². The van der Waals surface area contributed by atoms with Gasteiger partial charge in [-0.1, -0.05) is 12.1 Å². The van der Waals surface area contributed by atoms with Gasteiger partial charge in [-0.2, -0.15) is 5.10 Å². The zero-order valence-electron chi connectivity index (χ0n) is 20.4. The number of piperazine rings is 1. The molecule has 3 heterocycles. The quantitative estimate of drug-likeness (QED) is 0.372. The van der Waals surface area contributed by atoms with Crippen molar-refractivity contribution in [2.45, 2.75) is 18.9 Å². The minimum atomic E-state index is -0.132. The van der Waals surface area contributed by atoms with Gasteiger partial charge in [-0.15, -0.1) is 0 Å². The molecule has 2 aliphatic rings. The highest BCUT2D eigenvalue weighted by Crippen LogP contribution is 2.24. The molecule has 186 valence electrons. The molecule has 2 N–H and O–H groups in total. The second kappa shape index (κ2) is 9.40. The number of carbonyl (C=O) groups excluding carboxylic acids is 2. The van der Waals surface area contributed by atoms with Crippen molar-refractivity contribution in [3.05, 3.63) is 65.4 Å². The molecule has 0 spiro atoms. The van der Waals surface area contributed by atoms with Crippen LogP contribution < -0.4 is 10.1 Å². The zero-order valence-corrected chi connectivity index (χ0v) is 20.4. The lowest BCUT2D eigenvalue weighted by Crippen LogP contribution is -2.45. The summed E-state index contributed by atoms with van der Waals surface area (Å²) in [6, 6.07) is 13.1. The highest BCUT2D eigenvalue weighted by molar-refractivity contribution is 6.13. The molecule has 0 unspecified atom stereocenters. The summed E-state index contributed by atoms with van der Waals surface area (Å²) in [4.78, 5) is 33.9. The van der Waals surface area contributed by atoms with Gasteiger partial charge in [-0.25, -0.2) is 4.52 Å². The van der Waals surface area contributed by atoms with E-state index in [0.717, 1.165) is 56.6 Å². The Bertz CT molecular complexity index is 1430. The number of carbonyl (C=O) groups is 2. The minimum absolute atomic E-state index is 0.0818. The van der Waals surface area contributed by atoms with E-state index in [-0.39, 0.29) is 11.7 Å². The number of ketones is 1. The van der Waals surface area contributed by atoms with Gasteiger partial charge in [0, 0.05) is 49.9 Å². The van der Waals surface area contributed by atoms with E-state index in [0.29, 0.717) is 40.7 Å². The third kappa shape index (κ3) is 4.59. The maximum atomic E-state index is 13.4. The van der Waals surface area contributed by atoms with Gasteiger partial charge < -0.3 is 19.9 Å². The van der Waals surface area contributed by atoms with Crippen molar-refractivity contribution >= 4 is 28.4 Å². The minimum Gasteiger partial charge on any atom is -0.492 e. The molecule has 1 aliphatic carbocycles. The number of amides is 1. The Balaban J connectivity index is 1.18. The van der Waals surface area contributed by atoms with E-state index in [1.165, 1.54) is 0 Å². The number of benzene rings is 2. The van der Waals surface area contributed by atoms with Crippen molar-refractivity contribution in [2.24, 2.45) is 0 Å². The van der Waals surface area contributed by atoms with Gasteiger partial charge in [-0.3, -0.25) is 14.5 Å². The molecule has 1 saturated heterocycles. The third-order valence-corrected chi connectivity index (χ3v) is 7.04. The first-order chi connectivity index (χ1) is 17.5. The van der Waals surface area contributed by atoms with Gasteiger partial charge in [0.2, 0.25) is 0 Å². The topological polar surface area (TPSA) is 95.0 Å². The summed E-state index contributed by atoms with van der Waals surface area (Å²) in [5.74, 6) is 0.468. The molecule has 1 amide bonds. The number of imidazole rings is 1. The smallest absolute Gasteiger partial charge is 0.251 e. The number of H-pyrrole nitrogens is 1. The highest BCUT2D eigenvalue weighted by Gasteiger charge is 2.24. The van der Waals surface area contributed by atoms with E-state index in [2.05, 4.69) is 32.2 Å². The number of hydrogen-bond donors (Lipinski definition) is 2. The molecule has 0 bridgehead atoms. The SMILES string of the molecule is CN1CCN(CCOc2cccc(C(=O)c3cnn4c3[nH]c3ccc(C(=O)NC5CC5)cc34)c2)CC1. The first-order valence-corrected chi connectivity index (χ1v) is 12.5. The van der Waals surface area contributed by atoms with E-state index in [1.807, 2.05) is 24.3 Å². The lowest BCUT2D eigenvalue weighted by atomic mass is 10.1. The average Bonchev–Trinajstić information content (AvgIpc) is 3.49. The van der Waals surface area contributed by atoms with E-state index in [9.17, 15) is 9.59 Å². The highest BCUT2D eigenvalue weighted by atomic mass is 16.5. The molecule has 6 rings (SSSR count). The Labute approximate surface area is 209 Å². The van der Waals surface area contributed by atoms with Crippen molar-refractivity contribution < 1.29 is 14.3 Å². The van der Waals surface area contributed by atoms with E-state index < -0.39 is 0 Å². The molecular formula is C27H30N6O3. The second-order valence-corrected chi connectivity index (χ2v) is 9.77. The number of likely N-dealkylation sites (N-methyl/N-ethyl adjacent to an activating group) is 1. The average molecular weight is 487 g/mol. The van der Waals surface area contributed by atoms with E-state index in [1.54, 1.807) is 28.9 Å². The van der Waals surface area contributed by atoms with Gasteiger partial charge in [0.05, 0.1) is 22.8 Å². The van der Waals surface area contributed by atoms with Crippen LogP contribution in [0, 0.1) is 0 Å². The second-order valence-electron chi connectivity index (χ2n) is 9.77. The summed E-state index contributed by atoms with van der Waals surface area (Å²) >= 11 is 0. The van der Waals surface area contributed by atoms with E-state index in [4.69, 9.17) is 4.74 Å². The molecule has 9 heteroatoms. The van der Waals surface area contributed by atoms with Crippen molar-refractivity contribution in [2.75, 3.05) is 46.4 Å². The van der Waals surface area contributed by atoms with Crippen molar-refractivity contribution in [3.63, 3.8) is 0 Å². The van der Waals surface area contributed by atoms with Gasteiger partial charge in [0.1, 0.15) is 18.0 Å². The van der Waals surface area contributed by atoms with Crippen LogP contribution in [0.3, 0.4) is 0 Å². The predicted molar refractivity (Wildman–Crippen MR) is 137 cm³/mol. The fraction of sp³-hybridized carbons (Fsp3) is 0.370. The molecule has 0 atom stereocenters. The number of aromatic amines is 1. The number of rotatable bonds is 8. The van der Waals surface area contributed by atoms with Gasteiger partial charge in [-0.05, 0) is 50.2 Å². The van der Waals surface area contributed by atoms with Crippen LogP contribution in [0.5, 0.6) is 5.75 Å². The largest absolute Gasteiger partial charge is 0.492 e. The molecule has 2 aromatic heterocycles. The summed E-state index contributed by atoms with van der Waals surface area (Å²) in [5.41, 5.74) is 3.79. The standard InChI is InChI=1S/C27H30N6O3/c1-31-9-11-32(12-10-31)13-14-36-21-4-2-3-18(15-21)25(34)22-17-28-33-24-16-19(27(35)29-20-6-7-20)5-8-23(24)30-26(22)33/h2-5,8,15-17,20,30H,6-7,9-14H2,1H3,(H,29,35). The summed E-state index contributed by atoms with van der Waals surface area (Å²) in [7, 11) is 2.15. The molecule has 4 aromatic rings. The Morgan fingerprint density at radius 1 is 1.08 bits per heavy atom. The Kier molecular flexibility index (Phi) is 5.94. The number of aromatic nitrogens is 3. The summed E-state index contributed by atoms with van der Waals surface area (Å²) in [5, 5.41) is 7.46. The van der Waals surface area contributed by atoms with Crippen LogP contribution in [0.15, 0.2) is 48.7 Å². The van der Waals surface area contributed by atoms with Crippen LogP contribution in [0.1, 0.15) is 39.1 Å². The Morgan fingerprint density at radius 2 is 1.92 bits per heavy atom. The van der Waals surface area contributed by atoms with Crippen molar-refractivity contribution in [3.8, 4) is 5.75 Å². The first-order valence-electron chi connectivity index (χ1n) is 12.5. The number of nitrogens with one attached hydrogen (secondary N) is 2. The fourth-order valence-corrected chi connectivity index (χ4v) is 4.64. The van der Waals surface area contributed by atoms with Crippen molar-refractivity contribution in [1.82, 2.24) is 29.7 Å². The number of fused-ring (bicyclic) bond motifs is 3. The van der Waals surface area contributed by atoms with E-state index >= 15 is 0 Å². The molecule has 1 saturated carbocycles. The lowest BCUT2D eigenvalue weighted by Gasteiger charge is -2.32. The van der Waals surface area contributed by atoms with Gasteiger partial charge in [0.15, 0.2) is 5.78 Å². The van der Waals surface area contributed by atoms with Crippen LogP contribution in [-0.2, 0) is 0 Å². The lowest BCUT2D eigenvalue weighted by molar-refractivity contribution is 0.0950. The monoisotopic (exact) mass is 486 g/mol. The van der Waals surface area contributed by atoms with Crippen LogP contribution in [0.4, 0.5) is 0 Å². The molecule has 2 aromatic carbocycles. The van der Waals surface area contributed by atoms with Gasteiger partial charge >= 0.3 is 0 Å². The number of ether oxygens (including phenoxy) is 1. The maximum absolute atomic E-state index is 13.4. The fourth-order valence-electron chi connectivity index (χ4n) is 4.64. The number of nitrogens with zero attached hydrogens (tertiary/aromatic N) is 4.